The molecule has 0 radical (unpaired) electrons. The number of hydrogen-bond donors (Lipinski definition) is 2. The first-order valence-electron chi connectivity index (χ1n) is 6.87. The van der Waals surface area contributed by atoms with Crippen LogP contribution in [-0.4, -0.2) is 23.9 Å². The minimum atomic E-state index is -0.442. The lowest BCUT2D eigenvalue weighted by atomic mass is 9.95. The SMILES string of the molecule is O=C(NC1CCCCC1)C(=O)NC1CCCC1. The summed E-state index contributed by atoms with van der Waals surface area (Å²) in [5, 5.41) is 5.66. The topological polar surface area (TPSA) is 58.2 Å². The second-order valence-electron chi connectivity index (χ2n) is 5.26. The van der Waals surface area contributed by atoms with E-state index in [1.54, 1.807) is 0 Å². The summed E-state index contributed by atoms with van der Waals surface area (Å²) in [4.78, 5) is 23.3. The summed E-state index contributed by atoms with van der Waals surface area (Å²) < 4.78 is 0. The van der Waals surface area contributed by atoms with E-state index in [4.69, 9.17) is 0 Å². The van der Waals surface area contributed by atoms with Gasteiger partial charge in [0.05, 0.1) is 0 Å². The Bertz CT molecular complexity index is 279. The van der Waals surface area contributed by atoms with Crippen LogP contribution in [0.25, 0.3) is 0 Å². The van der Waals surface area contributed by atoms with Crippen molar-refractivity contribution in [3.8, 4) is 0 Å². The fraction of sp³-hybridized carbons (Fsp3) is 0.846. The lowest BCUT2D eigenvalue weighted by molar-refractivity contribution is -0.140. The molecule has 2 N–H and O–H groups in total. The summed E-state index contributed by atoms with van der Waals surface area (Å²) in [6.45, 7) is 0. The number of rotatable bonds is 2. The van der Waals surface area contributed by atoms with E-state index in [0.717, 1.165) is 51.4 Å². The second-order valence-corrected chi connectivity index (χ2v) is 5.26. The van der Waals surface area contributed by atoms with Gasteiger partial charge in [0.25, 0.3) is 0 Å². The van der Waals surface area contributed by atoms with Gasteiger partial charge in [-0.2, -0.15) is 0 Å². The van der Waals surface area contributed by atoms with Crippen molar-refractivity contribution in [3.05, 3.63) is 0 Å². The zero-order valence-electron chi connectivity index (χ0n) is 10.3. The highest BCUT2D eigenvalue weighted by Gasteiger charge is 2.23. The smallest absolute Gasteiger partial charge is 0.309 e. The van der Waals surface area contributed by atoms with E-state index in [2.05, 4.69) is 10.6 Å². The molecule has 2 aliphatic rings. The highest BCUT2D eigenvalue weighted by Crippen LogP contribution is 2.18. The van der Waals surface area contributed by atoms with Crippen molar-refractivity contribution in [3.63, 3.8) is 0 Å². The first-order chi connectivity index (χ1) is 8.25. The molecular formula is C13H22N2O2. The van der Waals surface area contributed by atoms with E-state index < -0.39 is 11.8 Å². The van der Waals surface area contributed by atoms with Crippen LogP contribution in [0.4, 0.5) is 0 Å². The van der Waals surface area contributed by atoms with E-state index in [-0.39, 0.29) is 12.1 Å². The zero-order chi connectivity index (χ0) is 12.1. The van der Waals surface area contributed by atoms with Crippen molar-refractivity contribution in [1.82, 2.24) is 10.6 Å². The Morgan fingerprint density at radius 2 is 1.00 bits per heavy atom. The van der Waals surface area contributed by atoms with Gasteiger partial charge in [0.15, 0.2) is 0 Å². The molecule has 0 aromatic rings. The minimum absolute atomic E-state index is 0.213. The van der Waals surface area contributed by atoms with Crippen LogP contribution < -0.4 is 10.6 Å². The summed E-state index contributed by atoms with van der Waals surface area (Å²) in [5.41, 5.74) is 0. The second kappa shape index (κ2) is 6.03. The largest absolute Gasteiger partial charge is 0.345 e. The maximum absolute atomic E-state index is 11.7. The predicted molar refractivity (Wildman–Crippen MR) is 65.4 cm³/mol. The van der Waals surface area contributed by atoms with Crippen LogP contribution in [0.1, 0.15) is 57.8 Å². The average Bonchev–Trinajstić information content (AvgIpc) is 2.83. The van der Waals surface area contributed by atoms with Gasteiger partial charge in [0.1, 0.15) is 0 Å². The third-order valence-electron chi connectivity index (χ3n) is 3.84. The van der Waals surface area contributed by atoms with Gasteiger partial charge in [-0.25, -0.2) is 0 Å². The van der Waals surface area contributed by atoms with E-state index in [9.17, 15) is 9.59 Å². The molecule has 0 heterocycles. The molecule has 0 bridgehead atoms. The van der Waals surface area contributed by atoms with Crippen LogP contribution in [-0.2, 0) is 9.59 Å². The quantitative estimate of drug-likeness (QED) is 0.716. The minimum Gasteiger partial charge on any atom is -0.345 e. The molecule has 0 saturated heterocycles. The highest BCUT2D eigenvalue weighted by molar-refractivity contribution is 6.35. The van der Waals surface area contributed by atoms with Gasteiger partial charge in [-0.1, -0.05) is 32.1 Å². The van der Waals surface area contributed by atoms with E-state index >= 15 is 0 Å². The van der Waals surface area contributed by atoms with Crippen molar-refractivity contribution in [2.24, 2.45) is 0 Å². The standard InChI is InChI=1S/C13H22N2O2/c16-12(14-10-6-2-1-3-7-10)13(17)15-11-8-4-5-9-11/h10-11H,1-9H2,(H,14,16)(H,15,17). The summed E-state index contributed by atoms with van der Waals surface area (Å²) >= 11 is 0. The summed E-state index contributed by atoms with van der Waals surface area (Å²) in [6, 6.07) is 0.435. The molecule has 4 nitrogen and oxygen atoms in total. The molecule has 2 fully saturated rings. The maximum Gasteiger partial charge on any atom is 0.309 e. The summed E-state index contributed by atoms with van der Waals surface area (Å²) in [6.07, 6.45) is 9.96. The Morgan fingerprint density at radius 3 is 1.41 bits per heavy atom. The fourth-order valence-corrected chi connectivity index (χ4v) is 2.82. The van der Waals surface area contributed by atoms with Crippen LogP contribution in [0.3, 0.4) is 0 Å². The molecule has 2 amide bonds. The van der Waals surface area contributed by atoms with Crippen molar-refractivity contribution in [2.45, 2.75) is 69.9 Å². The molecule has 2 saturated carbocycles. The van der Waals surface area contributed by atoms with Gasteiger partial charge >= 0.3 is 11.8 Å². The van der Waals surface area contributed by atoms with Gasteiger partial charge in [0.2, 0.25) is 0 Å². The van der Waals surface area contributed by atoms with Crippen molar-refractivity contribution in [2.75, 3.05) is 0 Å². The molecular weight excluding hydrogens is 216 g/mol. The molecule has 0 aliphatic heterocycles. The van der Waals surface area contributed by atoms with Crippen LogP contribution >= 0.6 is 0 Å². The van der Waals surface area contributed by atoms with Gasteiger partial charge < -0.3 is 10.6 Å². The molecule has 96 valence electrons. The molecule has 2 aliphatic carbocycles. The van der Waals surface area contributed by atoms with E-state index in [1.165, 1.54) is 6.42 Å². The Labute approximate surface area is 103 Å². The Kier molecular flexibility index (Phi) is 4.40. The molecule has 0 aromatic heterocycles. The van der Waals surface area contributed by atoms with Gasteiger partial charge in [-0.05, 0) is 25.7 Å². The third kappa shape index (κ3) is 3.72. The third-order valence-corrected chi connectivity index (χ3v) is 3.84. The summed E-state index contributed by atoms with van der Waals surface area (Å²) in [5.74, 6) is -0.883. The van der Waals surface area contributed by atoms with Gasteiger partial charge in [-0.3, -0.25) is 9.59 Å². The summed E-state index contributed by atoms with van der Waals surface area (Å²) in [7, 11) is 0. The molecule has 0 atom stereocenters. The van der Waals surface area contributed by atoms with Crippen LogP contribution in [0.15, 0.2) is 0 Å². The first kappa shape index (κ1) is 12.4. The monoisotopic (exact) mass is 238 g/mol. The van der Waals surface area contributed by atoms with Crippen molar-refractivity contribution in [1.29, 1.82) is 0 Å². The predicted octanol–water partition coefficient (Wildman–Crippen LogP) is 1.49. The van der Waals surface area contributed by atoms with Crippen LogP contribution in [0, 0.1) is 0 Å². The van der Waals surface area contributed by atoms with E-state index in [0.29, 0.717) is 0 Å². The molecule has 4 heteroatoms. The average molecular weight is 238 g/mol. The number of carbonyl (C=O) groups is 2. The van der Waals surface area contributed by atoms with Crippen molar-refractivity contribution >= 4 is 11.8 Å². The van der Waals surface area contributed by atoms with E-state index in [1.807, 2.05) is 0 Å². The Balaban J connectivity index is 1.72. The lowest BCUT2D eigenvalue weighted by Gasteiger charge is -2.22. The normalized spacial score (nSPS) is 22.4. The molecule has 17 heavy (non-hydrogen) atoms. The highest BCUT2D eigenvalue weighted by atomic mass is 16.2. The lowest BCUT2D eigenvalue weighted by Crippen LogP contribution is -2.47. The molecule has 2 rings (SSSR count). The molecule has 0 unspecified atom stereocenters. The number of nitrogens with one attached hydrogen (secondary N) is 2. The zero-order valence-corrected chi connectivity index (χ0v) is 10.3. The number of carbonyl (C=O) groups excluding carboxylic acids is 2. The van der Waals surface area contributed by atoms with Crippen LogP contribution in [0.2, 0.25) is 0 Å². The molecule has 0 aromatic carbocycles. The van der Waals surface area contributed by atoms with Crippen molar-refractivity contribution < 1.29 is 9.59 Å². The molecule has 0 spiro atoms. The van der Waals surface area contributed by atoms with Crippen LogP contribution in [0.5, 0.6) is 0 Å². The maximum atomic E-state index is 11.7. The number of hydrogen-bond acceptors (Lipinski definition) is 2. The fourth-order valence-electron chi connectivity index (χ4n) is 2.82. The van der Waals surface area contributed by atoms with Gasteiger partial charge in [-0.15, -0.1) is 0 Å². The Morgan fingerprint density at radius 1 is 0.647 bits per heavy atom. The Hall–Kier alpha value is -1.06. The number of amides is 2. The van der Waals surface area contributed by atoms with Gasteiger partial charge in [0, 0.05) is 12.1 Å². The first-order valence-corrected chi connectivity index (χ1v) is 6.87.